The molecule has 0 atom stereocenters. The molecule has 2 aliphatic rings. The third-order valence-corrected chi connectivity index (χ3v) is 7.09. The molecule has 0 bridgehead atoms. The van der Waals surface area contributed by atoms with Crippen molar-refractivity contribution in [1.29, 1.82) is 0 Å². The Kier molecular flexibility index (Phi) is 7.38. The Morgan fingerprint density at radius 3 is 2.35 bits per heavy atom. The summed E-state index contributed by atoms with van der Waals surface area (Å²) in [6.45, 7) is 8.20. The third kappa shape index (κ3) is 4.60. The number of nitrogens with zero attached hydrogens (tertiary/aromatic N) is 3. The van der Waals surface area contributed by atoms with Gasteiger partial charge in [0.25, 0.3) is 5.91 Å². The van der Waals surface area contributed by atoms with Crippen molar-refractivity contribution in [2.45, 2.75) is 27.3 Å². The summed E-state index contributed by atoms with van der Waals surface area (Å²) < 4.78 is 5.74. The Balaban J connectivity index is 1.61. The van der Waals surface area contributed by atoms with Crippen molar-refractivity contribution in [3.63, 3.8) is 0 Å². The van der Waals surface area contributed by atoms with Crippen molar-refractivity contribution in [1.82, 2.24) is 4.90 Å². The molecule has 0 spiro atoms. The molecule has 0 radical (unpaired) electrons. The molecule has 2 aromatic rings. The molecule has 0 aromatic heterocycles. The van der Waals surface area contributed by atoms with Crippen LogP contribution in [0.3, 0.4) is 0 Å². The Morgan fingerprint density at radius 1 is 0.971 bits per heavy atom. The lowest BCUT2D eigenvalue weighted by Crippen LogP contribution is -2.28. The predicted octanol–water partition coefficient (Wildman–Crippen LogP) is 5.32. The number of amides is 1. The van der Waals surface area contributed by atoms with Crippen LogP contribution in [0.25, 0.3) is 0 Å². The number of fused-ring (bicyclic) bond motifs is 1. The first-order valence-electron chi connectivity index (χ1n) is 11.3. The highest BCUT2D eigenvalue weighted by atomic mass is 32.2. The topological polar surface area (TPSA) is 53.1 Å². The molecular weight excluding hydrogens is 466 g/mol. The number of hydrogen-bond donors (Lipinski definition) is 0. The van der Waals surface area contributed by atoms with Gasteiger partial charge in [-0.05, 0) is 56.7 Å². The van der Waals surface area contributed by atoms with Gasteiger partial charge in [-0.2, -0.15) is 0 Å². The minimum atomic E-state index is -0.330. The van der Waals surface area contributed by atoms with Crippen molar-refractivity contribution in [2.24, 2.45) is 0 Å². The van der Waals surface area contributed by atoms with Crippen LogP contribution in [0, 0.1) is 0 Å². The van der Waals surface area contributed by atoms with Crippen LogP contribution < -0.4 is 9.80 Å². The number of carbonyl (C=O) groups excluding carboxylic acids is 2. The molecule has 6 nitrogen and oxygen atoms in total. The summed E-state index contributed by atoms with van der Waals surface area (Å²) in [6.07, 6.45) is 3.81. The van der Waals surface area contributed by atoms with E-state index in [0.29, 0.717) is 34.5 Å². The van der Waals surface area contributed by atoms with Gasteiger partial charge < -0.3 is 14.5 Å². The largest absolute Gasteiger partial charge is 0.462 e. The minimum Gasteiger partial charge on any atom is -0.462 e. The summed E-state index contributed by atoms with van der Waals surface area (Å²) in [6, 6.07) is 15.5. The zero-order valence-corrected chi connectivity index (χ0v) is 21.1. The normalized spacial score (nSPS) is 17.8. The van der Waals surface area contributed by atoms with E-state index < -0.39 is 0 Å². The van der Waals surface area contributed by atoms with E-state index in [9.17, 15) is 9.59 Å². The van der Waals surface area contributed by atoms with Crippen LogP contribution in [-0.4, -0.2) is 40.8 Å². The van der Waals surface area contributed by atoms with E-state index in [1.165, 1.54) is 11.8 Å². The average Bonchev–Trinajstić information content (AvgIpc) is 3.30. The summed E-state index contributed by atoms with van der Waals surface area (Å²) in [4.78, 5) is 31.9. The number of allylic oxidation sites excluding steroid dienone is 2. The fraction of sp³-hybridized carbons (Fsp3) is 0.269. The lowest BCUT2D eigenvalue weighted by molar-refractivity contribution is -0.122. The number of carbonyl (C=O) groups is 2. The maximum Gasteiger partial charge on any atom is 0.338 e. The summed E-state index contributed by atoms with van der Waals surface area (Å²) in [5.74, 6) is 0.542. The number of esters is 1. The Bertz CT molecular complexity index is 1180. The Morgan fingerprint density at radius 2 is 1.68 bits per heavy atom. The van der Waals surface area contributed by atoms with Crippen LogP contribution in [-0.2, 0) is 16.1 Å². The number of thioether (sulfide) groups is 1. The molecular formula is C26H27N3O3S2. The smallest absolute Gasteiger partial charge is 0.338 e. The number of hydrogen-bond acceptors (Lipinski definition) is 7. The zero-order chi connectivity index (χ0) is 24.2. The van der Waals surface area contributed by atoms with Gasteiger partial charge in [-0.3, -0.25) is 9.69 Å². The molecule has 1 fully saturated rings. The van der Waals surface area contributed by atoms with Crippen LogP contribution >= 0.6 is 24.0 Å². The Hall–Kier alpha value is -3.10. The molecule has 2 heterocycles. The van der Waals surface area contributed by atoms with Crippen molar-refractivity contribution in [3.8, 4) is 0 Å². The SMILES string of the molecule is CCOC(=O)c1ccc2c(c1)N(CC)/C(=C/C=C1\SC(=S)N(Cc3ccccc3)C1=O)N2CC. The molecule has 0 N–H and O–H groups in total. The lowest BCUT2D eigenvalue weighted by Gasteiger charge is -2.23. The third-order valence-electron chi connectivity index (χ3n) is 5.69. The van der Waals surface area contributed by atoms with Crippen molar-refractivity contribution in [2.75, 3.05) is 29.5 Å². The molecule has 2 aromatic carbocycles. The van der Waals surface area contributed by atoms with E-state index in [2.05, 4.69) is 23.6 Å². The summed E-state index contributed by atoms with van der Waals surface area (Å²) in [7, 11) is 0. The van der Waals surface area contributed by atoms with Crippen LogP contribution in [0.2, 0.25) is 0 Å². The van der Waals surface area contributed by atoms with Crippen LogP contribution in [0.15, 0.2) is 71.4 Å². The van der Waals surface area contributed by atoms with Gasteiger partial charge >= 0.3 is 5.97 Å². The monoisotopic (exact) mass is 493 g/mol. The van der Waals surface area contributed by atoms with E-state index in [4.69, 9.17) is 17.0 Å². The van der Waals surface area contributed by atoms with Gasteiger partial charge in [0.05, 0.1) is 35.0 Å². The molecule has 0 saturated carbocycles. The number of ether oxygens (including phenoxy) is 1. The Labute approximate surface area is 209 Å². The molecule has 2 aliphatic heterocycles. The molecule has 176 valence electrons. The molecule has 4 rings (SSSR count). The van der Waals surface area contributed by atoms with Crippen molar-refractivity contribution >= 4 is 51.6 Å². The second-order valence-electron chi connectivity index (χ2n) is 7.71. The molecule has 1 amide bonds. The molecule has 0 aliphatic carbocycles. The standard InChI is InChI=1S/C26H27N3O3S2/c1-4-27-20-13-12-19(25(31)32-6-3)16-21(20)28(5-2)23(27)15-14-22-24(30)29(26(33)34-22)17-18-10-8-7-9-11-18/h7-16H,4-6,17H2,1-3H3/b22-14-,23-15+. The first kappa shape index (κ1) is 24.0. The van der Waals surface area contributed by atoms with Gasteiger partial charge in [0.1, 0.15) is 10.1 Å². The van der Waals surface area contributed by atoms with Crippen LogP contribution in [0.4, 0.5) is 11.4 Å². The van der Waals surface area contributed by atoms with Gasteiger partial charge in [-0.15, -0.1) is 0 Å². The predicted molar refractivity (Wildman–Crippen MR) is 142 cm³/mol. The maximum atomic E-state index is 13.1. The highest BCUT2D eigenvalue weighted by Gasteiger charge is 2.33. The highest BCUT2D eigenvalue weighted by molar-refractivity contribution is 8.26. The first-order chi connectivity index (χ1) is 16.5. The summed E-state index contributed by atoms with van der Waals surface area (Å²) in [5.41, 5.74) is 3.54. The molecule has 8 heteroatoms. The fourth-order valence-electron chi connectivity index (χ4n) is 4.11. The van der Waals surface area contributed by atoms with Crippen molar-refractivity contribution in [3.05, 3.63) is 82.5 Å². The van der Waals surface area contributed by atoms with E-state index >= 15 is 0 Å². The van der Waals surface area contributed by atoms with E-state index in [0.717, 1.165) is 29.3 Å². The lowest BCUT2D eigenvalue weighted by atomic mass is 10.1. The number of rotatable bonds is 7. The van der Waals surface area contributed by atoms with Crippen molar-refractivity contribution < 1.29 is 14.3 Å². The van der Waals surface area contributed by atoms with Gasteiger partial charge in [-0.1, -0.05) is 54.3 Å². The van der Waals surface area contributed by atoms with Gasteiger partial charge in [-0.25, -0.2) is 4.79 Å². The van der Waals surface area contributed by atoms with E-state index in [-0.39, 0.29) is 11.9 Å². The summed E-state index contributed by atoms with van der Waals surface area (Å²) in [5, 5.41) is 0. The van der Waals surface area contributed by atoms with Crippen LogP contribution in [0.1, 0.15) is 36.7 Å². The second kappa shape index (κ2) is 10.4. The highest BCUT2D eigenvalue weighted by Crippen LogP contribution is 2.42. The molecule has 34 heavy (non-hydrogen) atoms. The van der Waals surface area contributed by atoms with E-state index in [1.807, 2.05) is 54.6 Å². The molecule has 1 saturated heterocycles. The van der Waals surface area contributed by atoms with E-state index in [1.54, 1.807) is 17.9 Å². The second-order valence-corrected chi connectivity index (χ2v) is 9.39. The number of thiocarbonyl (C=S) groups is 1. The van der Waals surface area contributed by atoms with Gasteiger partial charge in [0.2, 0.25) is 0 Å². The summed E-state index contributed by atoms with van der Waals surface area (Å²) >= 11 is 6.82. The molecule has 0 unspecified atom stereocenters. The number of anilines is 2. The zero-order valence-electron chi connectivity index (χ0n) is 19.5. The minimum absolute atomic E-state index is 0.0816. The van der Waals surface area contributed by atoms with Gasteiger partial charge in [0, 0.05) is 13.1 Å². The maximum absolute atomic E-state index is 13.1. The number of benzene rings is 2. The first-order valence-corrected chi connectivity index (χ1v) is 12.6. The van der Waals surface area contributed by atoms with Gasteiger partial charge in [0.15, 0.2) is 0 Å². The fourth-order valence-corrected chi connectivity index (χ4v) is 5.31. The average molecular weight is 494 g/mol. The quantitative estimate of drug-likeness (QED) is 0.294. The van der Waals surface area contributed by atoms with Crippen LogP contribution in [0.5, 0.6) is 0 Å².